The van der Waals surface area contributed by atoms with Crippen molar-refractivity contribution in [3.63, 3.8) is 0 Å². The number of nitrogens with one attached hydrogen (secondary N) is 1. The Hall–Kier alpha value is -1.85. The Bertz CT molecular complexity index is 668. The molecular weight excluding hydrogens is 304 g/mol. The van der Waals surface area contributed by atoms with E-state index < -0.39 is 11.7 Å². The predicted molar refractivity (Wildman–Crippen MR) is 77.8 cm³/mol. The second kappa shape index (κ2) is 5.64. The molecule has 0 saturated heterocycles. The smallest absolute Gasteiger partial charge is 0.258 e. The van der Waals surface area contributed by atoms with Gasteiger partial charge in [0.05, 0.1) is 11.3 Å². The van der Waals surface area contributed by atoms with Crippen molar-refractivity contribution in [2.75, 3.05) is 11.1 Å². The molecule has 2 aromatic rings. The van der Waals surface area contributed by atoms with Gasteiger partial charge in [-0.25, -0.2) is 9.37 Å². The topological polar surface area (TPSA) is 68.0 Å². The molecular formula is C13H10Cl2FN3O. The van der Waals surface area contributed by atoms with Gasteiger partial charge in [-0.1, -0.05) is 23.2 Å². The maximum absolute atomic E-state index is 13.6. The molecule has 1 aromatic carbocycles. The van der Waals surface area contributed by atoms with Crippen LogP contribution in [-0.2, 0) is 0 Å². The predicted octanol–water partition coefficient (Wildman–Crippen LogP) is 3.67. The molecule has 0 saturated carbocycles. The molecule has 2 rings (SSSR count). The average Bonchev–Trinajstić information content (AvgIpc) is 2.36. The molecule has 3 N–H and O–H groups in total. The van der Waals surface area contributed by atoms with Crippen LogP contribution in [0.4, 0.5) is 15.8 Å². The SMILES string of the molecule is Cc1cc(Cl)nc(Cl)c1NC(=O)c1cc(N)ccc1F. The molecule has 20 heavy (non-hydrogen) atoms. The van der Waals surface area contributed by atoms with E-state index in [4.69, 9.17) is 28.9 Å². The van der Waals surface area contributed by atoms with Crippen molar-refractivity contribution >= 4 is 40.5 Å². The number of rotatable bonds is 2. The number of nitrogens with zero attached hydrogens (tertiary/aromatic N) is 1. The summed E-state index contributed by atoms with van der Waals surface area (Å²) >= 11 is 11.6. The Balaban J connectivity index is 2.35. The van der Waals surface area contributed by atoms with Gasteiger partial charge in [-0.3, -0.25) is 4.79 Å². The lowest BCUT2D eigenvalue weighted by atomic mass is 10.1. The second-order valence-electron chi connectivity index (χ2n) is 4.12. The first-order valence-corrected chi connectivity index (χ1v) is 6.33. The highest BCUT2D eigenvalue weighted by molar-refractivity contribution is 6.35. The van der Waals surface area contributed by atoms with E-state index in [9.17, 15) is 9.18 Å². The summed E-state index contributed by atoms with van der Waals surface area (Å²) in [7, 11) is 0. The first kappa shape index (κ1) is 14.6. The van der Waals surface area contributed by atoms with Gasteiger partial charge in [-0.2, -0.15) is 0 Å². The van der Waals surface area contributed by atoms with Gasteiger partial charge >= 0.3 is 0 Å². The molecule has 0 aliphatic heterocycles. The minimum Gasteiger partial charge on any atom is -0.399 e. The first-order chi connectivity index (χ1) is 9.38. The summed E-state index contributed by atoms with van der Waals surface area (Å²) in [6.07, 6.45) is 0. The lowest BCUT2D eigenvalue weighted by Crippen LogP contribution is -2.15. The number of carbonyl (C=O) groups excluding carboxylic acids is 1. The average molecular weight is 314 g/mol. The number of nitrogens with two attached hydrogens (primary N) is 1. The third-order valence-electron chi connectivity index (χ3n) is 2.61. The van der Waals surface area contributed by atoms with Crippen molar-refractivity contribution in [1.29, 1.82) is 0 Å². The fraction of sp³-hybridized carbons (Fsp3) is 0.0769. The van der Waals surface area contributed by atoms with Crippen LogP contribution in [0.5, 0.6) is 0 Å². The number of aromatic nitrogens is 1. The fourth-order valence-corrected chi connectivity index (χ4v) is 2.22. The van der Waals surface area contributed by atoms with Crippen LogP contribution < -0.4 is 11.1 Å². The van der Waals surface area contributed by atoms with Crippen molar-refractivity contribution < 1.29 is 9.18 Å². The molecule has 1 aromatic heterocycles. The van der Waals surface area contributed by atoms with Crippen LogP contribution in [0.3, 0.4) is 0 Å². The van der Waals surface area contributed by atoms with E-state index in [0.29, 0.717) is 5.56 Å². The summed E-state index contributed by atoms with van der Waals surface area (Å²) in [5, 5.41) is 2.75. The van der Waals surface area contributed by atoms with E-state index in [1.807, 2.05) is 0 Å². The molecule has 1 amide bonds. The zero-order valence-electron chi connectivity index (χ0n) is 10.4. The molecule has 104 valence electrons. The zero-order valence-corrected chi connectivity index (χ0v) is 11.9. The third kappa shape index (κ3) is 3.00. The van der Waals surface area contributed by atoms with Crippen LogP contribution in [0.25, 0.3) is 0 Å². The Kier molecular flexibility index (Phi) is 4.11. The molecule has 7 heteroatoms. The minimum absolute atomic E-state index is 0.0349. The summed E-state index contributed by atoms with van der Waals surface area (Å²) in [6, 6.07) is 5.28. The normalized spacial score (nSPS) is 10.4. The van der Waals surface area contributed by atoms with Gasteiger partial charge in [0.15, 0.2) is 5.15 Å². The van der Waals surface area contributed by atoms with Crippen LogP contribution in [0.15, 0.2) is 24.3 Å². The quantitative estimate of drug-likeness (QED) is 0.656. The number of amides is 1. The molecule has 0 unspecified atom stereocenters. The van der Waals surface area contributed by atoms with Crippen molar-refractivity contribution in [2.45, 2.75) is 6.92 Å². The van der Waals surface area contributed by atoms with E-state index >= 15 is 0 Å². The van der Waals surface area contributed by atoms with Gasteiger partial charge < -0.3 is 11.1 Å². The van der Waals surface area contributed by atoms with E-state index in [2.05, 4.69) is 10.3 Å². The monoisotopic (exact) mass is 313 g/mol. The second-order valence-corrected chi connectivity index (χ2v) is 4.87. The molecule has 1 heterocycles. The van der Waals surface area contributed by atoms with Crippen molar-refractivity contribution in [1.82, 2.24) is 4.98 Å². The van der Waals surface area contributed by atoms with E-state index in [1.165, 1.54) is 12.1 Å². The summed E-state index contributed by atoms with van der Waals surface area (Å²) in [4.78, 5) is 15.9. The fourth-order valence-electron chi connectivity index (χ4n) is 1.64. The summed E-state index contributed by atoms with van der Waals surface area (Å²) in [5.74, 6) is -1.34. The van der Waals surface area contributed by atoms with Crippen molar-refractivity contribution in [3.05, 3.63) is 51.5 Å². The molecule has 0 spiro atoms. The number of anilines is 2. The standard InChI is InChI=1S/C13H10Cl2FN3O/c1-6-4-10(14)18-12(15)11(6)19-13(20)8-5-7(17)2-3-9(8)16/h2-5H,17H2,1H3,(H,19,20). The van der Waals surface area contributed by atoms with Crippen LogP contribution >= 0.6 is 23.2 Å². The molecule has 0 radical (unpaired) electrons. The highest BCUT2D eigenvalue weighted by atomic mass is 35.5. The molecule has 4 nitrogen and oxygen atoms in total. The number of pyridine rings is 1. The Morgan fingerprint density at radius 1 is 1.35 bits per heavy atom. The third-order valence-corrected chi connectivity index (χ3v) is 3.08. The highest BCUT2D eigenvalue weighted by Crippen LogP contribution is 2.27. The van der Waals surface area contributed by atoms with Gasteiger partial charge in [-0.05, 0) is 36.8 Å². The lowest BCUT2D eigenvalue weighted by Gasteiger charge is -2.11. The first-order valence-electron chi connectivity index (χ1n) is 5.57. The van der Waals surface area contributed by atoms with E-state index in [1.54, 1.807) is 13.0 Å². The summed E-state index contributed by atoms with van der Waals surface area (Å²) in [5.41, 5.74) is 6.55. The highest BCUT2D eigenvalue weighted by Gasteiger charge is 2.16. The zero-order chi connectivity index (χ0) is 14.9. The number of halogens is 3. The number of carbonyl (C=O) groups is 1. The van der Waals surface area contributed by atoms with Gasteiger partial charge in [0.1, 0.15) is 11.0 Å². The van der Waals surface area contributed by atoms with Crippen molar-refractivity contribution in [2.24, 2.45) is 0 Å². The number of benzene rings is 1. The largest absolute Gasteiger partial charge is 0.399 e. The lowest BCUT2D eigenvalue weighted by molar-refractivity contribution is 0.102. The van der Waals surface area contributed by atoms with Crippen LogP contribution in [0.2, 0.25) is 10.3 Å². The number of nitrogen functional groups attached to an aromatic ring is 1. The number of hydrogen-bond acceptors (Lipinski definition) is 3. The summed E-state index contributed by atoms with van der Waals surface area (Å²) in [6.45, 7) is 1.70. The van der Waals surface area contributed by atoms with Crippen LogP contribution in [0.1, 0.15) is 15.9 Å². The Labute approximate surface area is 124 Å². The minimum atomic E-state index is -0.674. The van der Waals surface area contributed by atoms with Crippen LogP contribution in [-0.4, -0.2) is 10.9 Å². The molecule has 0 fully saturated rings. The Morgan fingerprint density at radius 2 is 2.05 bits per heavy atom. The molecule has 0 atom stereocenters. The van der Waals surface area contributed by atoms with Gasteiger partial charge in [0.2, 0.25) is 0 Å². The van der Waals surface area contributed by atoms with Gasteiger partial charge in [0, 0.05) is 5.69 Å². The molecule has 0 aliphatic rings. The molecule has 0 bridgehead atoms. The van der Waals surface area contributed by atoms with E-state index in [0.717, 1.165) is 6.07 Å². The van der Waals surface area contributed by atoms with Gasteiger partial charge in [0.25, 0.3) is 5.91 Å². The maximum Gasteiger partial charge on any atom is 0.258 e. The van der Waals surface area contributed by atoms with Crippen LogP contribution in [0, 0.1) is 12.7 Å². The maximum atomic E-state index is 13.6. The number of hydrogen-bond donors (Lipinski definition) is 2. The molecule has 0 aliphatic carbocycles. The summed E-state index contributed by atoms with van der Waals surface area (Å²) < 4.78 is 13.6. The van der Waals surface area contributed by atoms with Gasteiger partial charge in [-0.15, -0.1) is 0 Å². The Morgan fingerprint density at radius 3 is 2.70 bits per heavy atom. The van der Waals surface area contributed by atoms with E-state index in [-0.39, 0.29) is 27.2 Å². The van der Waals surface area contributed by atoms with Crippen molar-refractivity contribution in [3.8, 4) is 0 Å². The number of aryl methyl sites for hydroxylation is 1.